The number of amides is 1. The summed E-state index contributed by atoms with van der Waals surface area (Å²) in [5, 5.41) is 0.177. The molecule has 2 rings (SSSR count). The summed E-state index contributed by atoms with van der Waals surface area (Å²) >= 11 is 4.34. The molecule has 4 heteroatoms. The Balaban J connectivity index is 2.15. The Bertz CT molecular complexity index is 355. The first-order valence-electron chi connectivity index (χ1n) is 5.06. The fourth-order valence-corrected chi connectivity index (χ4v) is 2.22. The number of carbonyl (C=O) groups excluding carboxylic acids is 1. The van der Waals surface area contributed by atoms with Gasteiger partial charge in [-0.3, -0.25) is 9.78 Å². The third-order valence-electron chi connectivity index (χ3n) is 2.77. The summed E-state index contributed by atoms with van der Waals surface area (Å²) in [5.74, 6) is 0.186. The van der Waals surface area contributed by atoms with Crippen LogP contribution < -0.4 is 0 Å². The molecule has 2 atom stereocenters. The van der Waals surface area contributed by atoms with Crippen LogP contribution in [0, 0.1) is 0 Å². The zero-order valence-electron chi connectivity index (χ0n) is 8.63. The van der Waals surface area contributed by atoms with Crippen molar-refractivity contribution in [3.05, 3.63) is 30.1 Å². The fraction of sp³-hybridized carbons (Fsp3) is 0.455. The van der Waals surface area contributed by atoms with Gasteiger partial charge in [0, 0.05) is 30.6 Å². The molecular formula is C11H14N2OS. The van der Waals surface area contributed by atoms with E-state index in [0.29, 0.717) is 6.42 Å². The standard InChI is InChI=1S/C11H14N2OS/c1-8(9-3-2-4-12-6-9)13-7-10(15)5-11(13)14/h2-4,6,8,10,15H,5,7H2,1H3. The molecule has 1 aliphatic rings. The maximum atomic E-state index is 11.7. The molecule has 0 radical (unpaired) electrons. The van der Waals surface area contributed by atoms with Crippen molar-refractivity contribution in [3.63, 3.8) is 0 Å². The average Bonchev–Trinajstić information content (AvgIpc) is 2.58. The largest absolute Gasteiger partial charge is 0.335 e. The second-order valence-electron chi connectivity index (χ2n) is 3.87. The molecule has 1 amide bonds. The number of thiol groups is 1. The first-order chi connectivity index (χ1) is 7.18. The highest BCUT2D eigenvalue weighted by Gasteiger charge is 2.31. The predicted octanol–water partition coefficient (Wildman–Crippen LogP) is 1.67. The Morgan fingerprint density at radius 3 is 3.00 bits per heavy atom. The SMILES string of the molecule is CC(c1cccnc1)N1CC(S)CC1=O. The molecule has 80 valence electrons. The van der Waals surface area contributed by atoms with Crippen LogP contribution in [0.4, 0.5) is 0 Å². The van der Waals surface area contributed by atoms with Crippen LogP contribution in [0.15, 0.2) is 24.5 Å². The van der Waals surface area contributed by atoms with Crippen molar-refractivity contribution in [2.24, 2.45) is 0 Å². The minimum absolute atomic E-state index is 0.100. The zero-order valence-corrected chi connectivity index (χ0v) is 9.52. The van der Waals surface area contributed by atoms with E-state index in [1.807, 2.05) is 30.2 Å². The molecule has 0 aromatic carbocycles. The van der Waals surface area contributed by atoms with Crippen molar-refractivity contribution in [1.29, 1.82) is 0 Å². The van der Waals surface area contributed by atoms with E-state index >= 15 is 0 Å². The second-order valence-corrected chi connectivity index (χ2v) is 4.60. The van der Waals surface area contributed by atoms with Crippen molar-refractivity contribution >= 4 is 18.5 Å². The minimum atomic E-state index is 0.100. The van der Waals surface area contributed by atoms with E-state index in [1.165, 1.54) is 0 Å². The van der Waals surface area contributed by atoms with Crippen molar-refractivity contribution < 1.29 is 4.79 Å². The molecule has 0 N–H and O–H groups in total. The summed E-state index contributed by atoms with van der Waals surface area (Å²) in [5.41, 5.74) is 1.08. The molecule has 1 aromatic heterocycles. The van der Waals surface area contributed by atoms with Gasteiger partial charge in [-0.1, -0.05) is 6.07 Å². The average molecular weight is 222 g/mol. The van der Waals surface area contributed by atoms with Crippen LogP contribution in [0.2, 0.25) is 0 Å². The van der Waals surface area contributed by atoms with E-state index in [2.05, 4.69) is 17.6 Å². The fourth-order valence-electron chi connectivity index (χ4n) is 1.89. The number of carbonyl (C=O) groups is 1. The number of rotatable bonds is 2. The third-order valence-corrected chi connectivity index (χ3v) is 3.12. The number of hydrogen-bond acceptors (Lipinski definition) is 3. The van der Waals surface area contributed by atoms with Gasteiger partial charge >= 0.3 is 0 Å². The summed E-state index contributed by atoms with van der Waals surface area (Å²) in [6, 6.07) is 3.99. The molecule has 0 bridgehead atoms. The molecule has 0 spiro atoms. The maximum absolute atomic E-state index is 11.7. The van der Waals surface area contributed by atoms with Gasteiger partial charge in [0.05, 0.1) is 6.04 Å². The van der Waals surface area contributed by atoms with Crippen molar-refractivity contribution in [3.8, 4) is 0 Å². The number of nitrogens with zero attached hydrogens (tertiary/aromatic N) is 2. The number of aromatic nitrogens is 1. The maximum Gasteiger partial charge on any atom is 0.224 e. The first-order valence-corrected chi connectivity index (χ1v) is 5.57. The summed E-state index contributed by atoms with van der Waals surface area (Å²) in [7, 11) is 0. The van der Waals surface area contributed by atoms with Gasteiger partial charge in [-0.2, -0.15) is 12.6 Å². The van der Waals surface area contributed by atoms with Crippen LogP contribution in [0.25, 0.3) is 0 Å². The molecular weight excluding hydrogens is 208 g/mol. The molecule has 1 fully saturated rings. The van der Waals surface area contributed by atoms with E-state index in [1.54, 1.807) is 6.20 Å². The lowest BCUT2D eigenvalue weighted by Crippen LogP contribution is -2.28. The van der Waals surface area contributed by atoms with Crippen molar-refractivity contribution in [2.45, 2.75) is 24.6 Å². The molecule has 0 aliphatic carbocycles. The Hall–Kier alpha value is -1.03. The Morgan fingerprint density at radius 1 is 1.67 bits per heavy atom. The summed E-state index contributed by atoms with van der Waals surface area (Å²) < 4.78 is 0. The Labute approximate surface area is 94.9 Å². The van der Waals surface area contributed by atoms with Gasteiger partial charge < -0.3 is 4.90 Å². The van der Waals surface area contributed by atoms with Crippen molar-refractivity contribution in [2.75, 3.05) is 6.54 Å². The van der Waals surface area contributed by atoms with Gasteiger partial charge in [-0.25, -0.2) is 0 Å². The lowest BCUT2D eigenvalue weighted by Gasteiger charge is -2.24. The summed E-state index contributed by atoms with van der Waals surface area (Å²) in [6.07, 6.45) is 4.10. The highest BCUT2D eigenvalue weighted by Crippen LogP contribution is 2.26. The Kier molecular flexibility index (Phi) is 2.95. The monoisotopic (exact) mass is 222 g/mol. The van der Waals surface area contributed by atoms with Gasteiger partial charge in [-0.05, 0) is 18.6 Å². The second kappa shape index (κ2) is 4.23. The van der Waals surface area contributed by atoms with Crippen molar-refractivity contribution in [1.82, 2.24) is 9.88 Å². The van der Waals surface area contributed by atoms with E-state index in [0.717, 1.165) is 12.1 Å². The van der Waals surface area contributed by atoms with Gasteiger partial charge in [0.2, 0.25) is 5.91 Å². The molecule has 2 heterocycles. The van der Waals surface area contributed by atoms with E-state index in [9.17, 15) is 4.79 Å². The van der Waals surface area contributed by atoms with Crippen LogP contribution in [0.5, 0.6) is 0 Å². The highest BCUT2D eigenvalue weighted by atomic mass is 32.1. The smallest absolute Gasteiger partial charge is 0.224 e. The van der Waals surface area contributed by atoms with Gasteiger partial charge in [0.1, 0.15) is 0 Å². The van der Waals surface area contributed by atoms with Gasteiger partial charge in [-0.15, -0.1) is 0 Å². The number of likely N-dealkylation sites (tertiary alicyclic amines) is 1. The molecule has 1 saturated heterocycles. The zero-order chi connectivity index (χ0) is 10.8. The van der Waals surface area contributed by atoms with E-state index in [4.69, 9.17) is 0 Å². The minimum Gasteiger partial charge on any atom is -0.335 e. The number of pyridine rings is 1. The molecule has 1 aromatic rings. The van der Waals surface area contributed by atoms with E-state index < -0.39 is 0 Å². The van der Waals surface area contributed by atoms with Crippen LogP contribution in [-0.2, 0) is 4.79 Å². The van der Waals surface area contributed by atoms with Crippen LogP contribution in [0.1, 0.15) is 24.9 Å². The Morgan fingerprint density at radius 2 is 2.47 bits per heavy atom. The predicted molar refractivity (Wildman–Crippen MR) is 61.8 cm³/mol. The van der Waals surface area contributed by atoms with Crippen LogP contribution in [-0.4, -0.2) is 27.6 Å². The molecule has 2 unspecified atom stereocenters. The third kappa shape index (κ3) is 2.15. The van der Waals surface area contributed by atoms with Crippen LogP contribution in [0.3, 0.4) is 0 Å². The number of hydrogen-bond donors (Lipinski definition) is 1. The molecule has 15 heavy (non-hydrogen) atoms. The summed E-state index contributed by atoms with van der Waals surface area (Å²) in [6.45, 7) is 2.76. The van der Waals surface area contributed by atoms with Crippen LogP contribution >= 0.6 is 12.6 Å². The highest BCUT2D eigenvalue weighted by molar-refractivity contribution is 7.81. The normalized spacial score (nSPS) is 23.2. The lowest BCUT2D eigenvalue weighted by atomic mass is 10.1. The summed E-state index contributed by atoms with van der Waals surface area (Å²) in [4.78, 5) is 17.6. The lowest BCUT2D eigenvalue weighted by molar-refractivity contribution is -0.129. The van der Waals surface area contributed by atoms with E-state index in [-0.39, 0.29) is 17.2 Å². The first kappa shape index (κ1) is 10.5. The molecule has 1 aliphatic heterocycles. The van der Waals surface area contributed by atoms with Gasteiger partial charge in [0.15, 0.2) is 0 Å². The van der Waals surface area contributed by atoms with Gasteiger partial charge in [0.25, 0.3) is 0 Å². The topological polar surface area (TPSA) is 33.2 Å². The molecule has 3 nitrogen and oxygen atoms in total. The molecule has 0 saturated carbocycles. The quantitative estimate of drug-likeness (QED) is 0.772.